The molecule has 26 heavy (non-hydrogen) atoms. The van der Waals surface area contributed by atoms with Crippen LogP contribution in [0.25, 0.3) is 0 Å². The third-order valence-electron chi connectivity index (χ3n) is 5.92. The molecule has 1 aromatic heterocycles. The molecule has 2 aliphatic heterocycles. The molecule has 2 fully saturated rings. The highest BCUT2D eigenvalue weighted by Gasteiger charge is 2.28. The van der Waals surface area contributed by atoms with Crippen LogP contribution in [0.2, 0.25) is 0 Å². The average molecular weight is 350 g/mol. The van der Waals surface area contributed by atoms with Crippen molar-refractivity contribution >= 4 is 5.82 Å². The first kappa shape index (κ1) is 17.5. The fraction of sp³-hybridized carbons (Fsp3) is 0.522. The van der Waals surface area contributed by atoms with Crippen LogP contribution in [0.15, 0.2) is 48.7 Å². The zero-order chi connectivity index (χ0) is 17.6. The zero-order valence-electron chi connectivity index (χ0n) is 15.8. The van der Waals surface area contributed by atoms with E-state index in [0.29, 0.717) is 6.04 Å². The Hall–Kier alpha value is -1.87. The van der Waals surface area contributed by atoms with Crippen LogP contribution in [0.3, 0.4) is 0 Å². The lowest BCUT2D eigenvalue weighted by molar-refractivity contribution is 0.140. The van der Waals surface area contributed by atoms with Crippen molar-refractivity contribution in [1.29, 1.82) is 0 Å². The van der Waals surface area contributed by atoms with E-state index in [9.17, 15) is 0 Å². The average Bonchev–Trinajstić information content (AvgIpc) is 2.99. The number of benzene rings is 1. The predicted octanol–water partition coefficient (Wildman–Crippen LogP) is 5.19. The third kappa shape index (κ3) is 4.09. The maximum atomic E-state index is 4.86. The minimum atomic E-state index is 0.496. The van der Waals surface area contributed by atoms with Crippen LogP contribution in [0.5, 0.6) is 0 Å². The van der Waals surface area contributed by atoms with E-state index in [1.165, 1.54) is 68.4 Å². The van der Waals surface area contributed by atoms with Crippen molar-refractivity contribution in [3.05, 3.63) is 59.8 Å². The molecule has 0 spiro atoms. The van der Waals surface area contributed by atoms with Gasteiger partial charge in [-0.15, -0.1) is 0 Å². The Bertz CT molecular complexity index is 677. The zero-order valence-corrected chi connectivity index (χ0v) is 15.8. The lowest BCUT2D eigenvalue weighted by Gasteiger charge is -2.38. The van der Waals surface area contributed by atoms with Gasteiger partial charge in [-0.3, -0.25) is 4.90 Å². The number of anilines is 1. The second-order valence-corrected chi connectivity index (χ2v) is 7.79. The summed E-state index contributed by atoms with van der Waals surface area (Å²) in [4.78, 5) is 10.1. The highest BCUT2D eigenvalue weighted by molar-refractivity contribution is 5.49. The van der Waals surface area contributed by atoms with Gasteiger partial charge in [-0.05, 0) is 43.9 Å². The molecule has 0 amide bonds. The predicted molar refractivity (Wildman–Crippen MR) is 108 cm³/mol. The first-order chi connectivity index (χ1) is 12.9. The van der Waals surface area contributed by atoms with E-state index >= 15 is 0 Å². The quantitative estimate of drug-likeness (QED) is 0.757. The van der Waals surface area contributed by atoms with E-state index in [0.717, 1.165) is 19.6 Å². The van der Waals surface area contributed by atoms with Gasteiger partial charge in [0.15, 0.2) is 0 Å². The Balaban J connectivity index is 1.60. The van der Waals surface area contributed by atoms with Crippen LogP contribution >= 0.6 is 0 Å². The molecule has 3 nitrogen and oxygen atoms in total. The fourth-order valence-corrected chi connectivity index (χ4v) is 4.57. The molecular formula is C23H31N3. The summed E-state index contributed by atoms with van der Waals surface area (Å²) in [7, 11) is 0. The van der Waals surface area contributed by atoms with Crippen LogP contribution in [-0.4, -0.2) is 29.5 Å². The largest absolute Gasteiger partial charge is 0.356 e. The molecule has 0 N–H and O–H groups in total. The molecule has 0 saturated carbocycles. The summed E-state index contributed by atoms with van der Waals surface area (Å²) >= 11 is 0. The number of aromatic nitrogens is 1. The molecule has 1 aromatic carbocycles. The Morgan fingerprint density at radius 3 is 2.38 bits per heavy atom. The molecule has 3 heteroatoms. The van der Waals surface area contributed by atoms with E-state index in [4.69, 9.17) is 4.98 Å². The highest BCUT2D eigenvalue weighted by atomic mass is 15.2. The van der Waals surface area contributed by atoms with E-state index in [1.807, 2.05) is 6.20 Å². The topological polar surface area (TPSA) is 19.4 Å². The summed E-state index contributed by atoms with van der Waals surface area (Å²) in [6.07, 6.45) is 11.2. The van der Waals surface area contributed by atoms with E-state index in [2.05, 4.69) is 52.3 Å². The Morgan fingerprint density at radius 2 is 1.58 bits per heavy atom. The number of hydrogen-bond donors (Lipinski definition) is 0. The number of piperidine rings is 1. The molecule has 1 atom stereocenters. The van der Waals surface area contributed by atoms with E-state index in [1.54, 1.807) is 0 Å². The Labute approximate surface area is 158 Å². The van der Waals surface area contributed by atoms with Gasteiger partial charge in [-0.25, -0.2) is 4.98 Å². The second kappa shape index (κ2) is 8.68. The maximum Gasteiger partial charge on any atom is 0.133 e. The van der Waals surface area contributed by atoms with Crippen molar-refractivity contribution < 1.29 is 0 Å². The lowest BCUT2D eigenvalue weighted by atomic mass is 9.94. The first-order valence-electron chi connectivity index (χ1n) is 10.4. The molecule has 2 aliphatic rings. The third-order valence-corrected chi connectivity index (χ3v) is 5.92. The molecule has 2 saturated heterocycles. The summed E-state index contributed by atoms with van der Waals surface area (Å²) in [5.41, 5.74) is 2.87. The second-order valence-electron chi connectivity index (χ2n) is 7.79. The highest BCUT2D eigenvalue weighted by Crippen LogP contribution is 2.36. The first-order valence-corrected chi connectivity index (χ1v) is 10.4. The minimum absolute atomic E-state index is 0.496. The number of likely N-dealkylation sites (tertiary alicyclic amines) is 1. The molecule has 0 radical (unpaired) electrons. The van der Waals surface area contributed by atoms with Gasteiger partial charge in [-0.1, -0.05) is 55.7 Å². The Morgan fingerprint density at radius 1 is 0.808 bits per heavy atom. The summed E-state index contributed by atoms with van der Waals surface area (Å²) < 4.78 is 0. The van der Waals surface area contributed by atoms with Gasteiger partial charge in [0.2, 0.25) is 0 Å². The number of rotatable bonds is 4. The summed E-state index contributed by atoms with van der Waals surface area (Å²) in [6.45, 7) is 4.55. The minimum Gasteiger partial charge on any atom is -0.356 e. The van der Waals surface area contributed by atoms with Gasteiger partial charge >= 0.3 is 0 Å². The van der Waals surface area contributed by atoms with Crippen molar-refractivity contribution in [2.45, 2.75) is 57.5 Å². The number of hydrogen-bond acceptors (Lipinski definition) is 3. The van der Waals surface area contributed by atoms with Crippen LogP contribution in [0, 0.1) is 0 Å². The van der Waals surface area contributed by atoms with Gasteiger partial charge < -0.3 is 4.90 Å². The van der Waals surface area contributed by atoms with Gasteiger partial charge in [0, 0.05) is 37.4 Å². The number of pyridine rings is 1. The Kier molecular flexibility index (Phi) is 5.85. The standard InChI is InChI=1S/C23H31N3/c1-2-8-17-25(16-7-1)23-21(13-10-15-24-23)22-14-6-9-18-26(22)19-20-11-4-3-5-12-20/h3-5,10-13,15,22H,1-2,6-9,14,16-19H2/t22-/m0/s1. The van der Waals surface area contributed by atoms with Crippen LogP contribution < -0.4 is 4.90 Å². The van der Waals surface area contributed by atoms with Crippen LogP contribution in [0.1, 0.15) is 62.1 Å². The molecule has 0 bridgehead atoms. The molecule has 138 valence electrons. The van der Waals surface area contributed by atoms with Crippen LogP contribution in [0.4, 0.5) is 5.82 Å². The van der Waals surface area contributed by atoms with Crippen molar-refractivity contribution in [2.24, 2.45) is 0 Å². The maximum absolute atomic E-state index is 4.86. The monoisotopic (exact) mass is 349 g/mol. The van der Waals surface area contributed by atoms with Crippen LogP contribution in [-0.2, 0) is 6.54 Å². The molecule has 0 unspecified atom stereocenters. The van der Waals surface area contributed by atoms with Crippen molar-refractivity contribution in [1.82, 2.24) is 9.88 Å². The van der Waals surface area contributed by atoms with E-state index < -0.39 is 0 Å². The van der Waals surface area contributed by atoms with Crippen molar-refractivity contribution in [2.75, 3.05) is 24.5 Å². The van der Waals surface area contributed by atoms with Gasteiger partial charge in [-0.2, -0.15) is 0 Å². The SMILES string of the molecule is c1ccc(CN2CCCC[C@H]2c2cccnc2N2CCCCCC2)cc1. The fourth-order valence-electron chi connectivity index (χ4n) is 4.57. The van der Waals surface area contributed by atoms with Gasteiger partial charge in [0.25, 0.3) is 0 Å². The van der Waals surface area contributed by atoms with Crippen molar-refractivity contribution in [3.8, 4) is 0 Å². The normalized spacial score (nSPS) is 22.2. The van der Waals surface area contributed by atoms with Gasteiger partial charge in [0.05, 0.1) is 0 Å². The summed E-state index contributed by atoms with van der Waals surface area (Å²) in [6, 6.07) is 15.9. The lowest BCUT2D eigenvalue weighted by Crippen LogP contribution is -2.35. The van der Waals surface area contributed by atoms with Gasteiger partial charge in [0.1, 0.15) is 5.82 Å². The molecule has 2 aromatic rings. The summed E-state index contributed by atoms with van der Waals surface area (Å²) in [5, 5.41) is 0. The molecule has 4 rings (SSSR count). The molecule has 0 aliphatic carbocycles. The smallest absolute Gasteiger partial charge is 0.133 e. The molecule has 3 heterocycles. The summed E-state index contributed by atoms with van der Waals surface area (Å²) in [5.74, 6) is 1.25. The van der Waals surface area contributed by atoms with Crippen molar-refractivity contribution in [3.63, 3.8) is 0 Å². The van der Waals surface area contributed by atoms with E-state index in [-0.39, 0.29) is 0 Å². The molecular weight excluding hydrogens is 318 g/mol. The number of nitrogens with zero attached hydrogens (tertiary/aromatic N) is 3.